The Labute approximate surface area is 158 Å². The average molecular weight is 376 g/mol. The number of halogens is 2. The van der Waals surface area contributed by atoms with Crippen LogP contribution in [-0.2, 0) is 0 Å². The predicted molar refractivity (Wildman–Crippen MR) is 102 cm³/mol. The first-order valence-corrected chi connectivity index (χ1v) is 9.26. The monoisotopic (exact) mass is 375 g/mol. The van der Waals surface area contributed by atoms with E-state index in [0.29, 0.717) is 11.6 Å². The van der Waals surface area contributed by atoms with Gasteiger partial charge in [-0.05, 0) is 75.4 Å². The second kappa shape index (κ2) is 8.04. The van der Waals surface area contributed by atoms with Crippen LogP contribution in [0.15, 0.2) is 30.3 Å². The molecule has 3 rings (SSSR count). The number of amides is 1. The topological polar surface area (TPSA) is 54.0 Å². The number of hydrogen-bond acceptors (Lipinski definition) is 3. The Bertz CT molecular complexity index is 783. The number of aromatic nitrogens is 1. The summed E-state index contributed by atoms with van der Waals surface area (Å²) in [6.07, 6.45) is 3.71. The van der Waals surface area contributed by atoms with Crippen LogP contribution < -0.4 is 10.6 Å². The molecular formula is C20H23ClFN3O. The van der Waals surface area contributed by atoms with Crippen molar-refractivity contribution in [2.24, 2.45) is 0 Å². The van der Waals surface area contributed by atoms with Crippen molar-refractivity contribution in [3.05, 3.63) is 58.0 Å². The second-order valence-electron chi connectivity index (χ2n) is 6.97. The molecule has 1 aliphatic carbocycles. The average Bonchev–Trinajstić information content (AvgIpc) is 2.58. The summed E-state index contributed by atoms with van der Waals surface area (Å²) in [7, 11) is 0. The standard InChI is InChI=1S/C20H23ClFN3O/c1-12-9-13(2)23-19(10-12)24-15-4-6-16(7-5-15)25-20(26)14-3-8-18(22)17(21)11-14/h3,8-11,15-16H,4-7H2,1-2H3,(H,23,24)(H,25,26)/t15-,16+. The first-order chi connectivity index (χ1) is 12.4. The number of benzene rings is 1. The van der Waals surface area contributed by atoms with Crippen LogP contribution in [0.5, 0.6) is 0 Å². The molecule has 0 radical (unpaired) electrons. The minimum absolute atomic E-state index is 0.0356. The minimum atomic E-state index is -0.519. The Kier molecular flexibility index (Phi) is 5.77. The summed E-state index contributed by atoms with van der Waals surface area (Å²) in [5.74, 6) is 0.185. The largest absolute Gasteiger partial charge is 0.367 e. The predicted octanol–water partition coefficient (Wildman–Crippen LogP) is 4.64. The highest BCUT2D eigenvalue weighted by Gasteiger charge is 2.23. The molecule has 0 aliphatic heterocycles. The molecule has 1 fully saturated rings. The summed E-state index contributed by atoms with van der Waals surface area (Å²) in [5, 5.41) is 6.48. The van der Waals surface area contributed by atoms with Crippen LogP contribution in [0.25, 0.3) is 0 Å². The van der Waals surface area contributed by atoms with Gasteiger partial charge in [0.25, 0.3) is 5.91 Å². The maximum Gasteiger partial charge on any atom is 0.251 e. The lowest BCUT2D eigenvalue weighted by Gasteiger charge is -2.30. The van der Waals surface area contributed by atoms with Gasteiger partial charge in [0.2, 0.25) is 0 Å². The number of anilines is 1. The lowest BCUT2D eigenvalue weighted by atomic mass is 9.91. The van der Waals surface area contributed by atoms with Crippen molar-refractivity contribution in [1.29, 1.82) is 0 Å². The van der Waals surface area contributed by atoms with Gasteiger partial charge < -0.3 is 10.6 Å². The smallest absolute Gasteiger partial charge is 0.251 e. The van der Waals surface area contributed by atoms with E-state index in [1.54, 1.807) is 0 Å². The molecular weight excluding hydrogens is 353 g/mol. The minimum Gasteiger partial charge on any atom is -0.367 e. The van der Waals surface area contributed by atoms with E-state index >= 15 is 0 Å². The number of nitrogens with zero attached hydrogens (tertiary/aromatic N) is 1. The summed E-state index contributed by atoms with van der Waals surface area (Å²) < 4.78 is 13.2. The summed E-state index contributed by atoms with van der Waals surface area (Å²) in [6.45, 7) is 4.06. The number of nitrogens with one attached hydrogen (secondary N) is 2. The normalized spacial score (nSPS) is 19.8. The maximum absolute atomic E-state index is 13.2. The van der Waals surface area contributed by atoms with E-state index in [0.717, 1.165) is 37.2 Å². The molecule has 6 heteroatoms. The molecule has 0 atom stereocenters. The van der Waals surface area contributed by atoms with E-state index in [1.165, 1.54) is 23.8 Å². The number of hydrogen-bond donors (Lipinski definition) is 2. The van der Waals surface area contributed by atoms with Crippen molar-refractivity contribution >= 4 is 23.3 Å². The van der Waals surface area contributed by atoms with Gasteiger partial charge >= 0.3 is 0 Å². The van der Waals surface area contributed by atoms with E-state index in [1.807, 2.05) is 6.92 Å². The Morgan fingerprint density at radius 1 is 1.12 bits per heavy atom. The van der Waals surface area contributed by atoms with Crippen molar-refractivity contribution in [3.8, 4) is 0 Å². The fourth-order valence-corrected chi connectivity index (χ4v) is 3.59. The summed E-state index contributed by atoms with van der Waals surface area (Å²) in [6, 6.07) is 8.63. The molecule has 0 saturated heterocycles. The Hall–Kier alpha value is -2.14. The highest BCUT2D eigenvalue weighted by Crippen LogP contribution is 2.23. The molecule has 0 spiro atoms. The van der Waals surface area contributed by atoms with Crippen molar-refractivity contribution in [1.82, 2.24) is 10.3 Å². The molecule has 1 amide bonds. The van der Waals surface area contributed by atoms with Crippen LogP contribution >= 0.6 is 11.6 Å². The van der Waals surface area contributed by atoms with E-state index in [-0.39, 0.29) is 17.0 Å². The number of aryl methyl sites for hydroxylation is 2. The molecule has 0 bridgehead atoms. The third-order valence-corrected chi connectivity index (χ3v) is 4.98. The van der Waals surface area contributed by atoms with Gasteiger partial charge in [-0.25, -0.2) is 9.37 Å². The Balaban J connectivity index is 1.51. The van der Waals surface area contributed by atoms with Crippen molar-refractivity contribution < 1.29 is 9.18 Å². The SMILES string of the molecule is Cc1cc(C)nc(N[C@H]2CC[C@@H](NC(=O)c3ccc(F)c(Cl)c3)CC2)c1. The van der Waals surface area contributed by atoms with Crippen LogP contribution in [0.1, 0.15) is 47.3 Å². The van der Waals surface area contributed by atoms with Gasteiger partial charge in [0.05, 0.1) is 5.02 Å². The van der Waals surface area contributed by atoms with E-state index in [4.69, 9.17) is 11.6 Å². The lowest BCUT2D eigenvalue weighted by molar-refractivity contribution is 0.0926. The van der Waals surface area contributed by atoms with Gasteiger partial charge in [-0.2, -0.15) is 0 Å². The van der Waals surface area contributed by atoms with Gasteiger partial charge in [0.1, 0.15) is 11.6 Å². The van der Waals surface area contributed by atoms with Crippen LogP contribution in [0, 0.1) is 19.7 Å². The third kappa shape index (κ3) is 4.73. The lowest BCUT2D eigenvalue weighted by Crippen LogP contribution is -2.40. The second-order valence-corrected chi connectivity index (χ2v) is 7.37. The highest BCUT2D eigenvalue weighted by atomic mass is 35.5. The molecule has 1 aromatic heterocycles. The zero-order valence-electron chi connectivity index (χ0n) is 15.0. The molecule has 4 nitrogen and oxygen atoms in total. The highest BCUT2D eigenvalue weighted by molar-refractivity contribution is 6.31. The van der Waals surface area contributed by atoms with Crippen LogP contribution in [-0.4, -0.2) is 23.0 Å². The number of pyridine rings is 1. The molecule has 1 saturated carbocycles. The fourth-order valence-electron chi connectivity index (χ4n) is 3.41. The van der Waals surface area contributed by atoms with Gasteiger partial charge in [-0.15, -0.1) is 0 Å². The first-order valence-electron chi connectivity index (χ1n) is 8.88. The zero-order valence-corrected chi connectivity index (χ0v) is 15.7. The quantitative estimate of drug-likeness (QED) is 0.818. The third-order valence-electron chi connectivity index (χ3n) is 4.69. The van der Waals surface area contributed by atoms with Gasteiger partial charge in [-0.1, -0.05) is 11.6 Å². The van der Waals surface area contributed by atoms with Crippen LogP contribution in [0.3, 0.4) is 0 Å². The number of carbonyl (C=O) groups excluding carboxylic acids is 1. The first kappa shape index (κ1) is 18.6. The fraction of sp³-hybridized carbons (Fsp3) is 0.400. The Morgan fingerprint density at radius 2 is 1.81 bits per heavy atom. The molecule has 1 aliphatic rings. The van der Waals surface area contributed by atoms with E-state index in [9.17, 15) is 9.18 Å². The van der Waals surface area contributed by atoms with E-state index < -0.39 is 5.82 Å². The molecule has 0 unspecified atom stereocenters. The zero-order chi connectivity index (χ0) is 18.7. The van der Waals surface area contributed by atoms with Crippen LogP contribution in [0.2, 0.25) is 5.02 Å². The van der Waals surface area contributed by atoms with Gasteiger partial charge in [-0.3, -0.25) is 4.79 Å². The molecule has 26 heavy (non-hydrogen) atoms. The van der Waals surface area contributed by atoms with Gasteiger partial charge in [0.15, 0.2) is 0 Å². The van der Waals surface area contributed by atoms with E-state index in [2.05, 4.69) is 34.7 Å². The van der Waals surface area contributed by atoms with Gasteiger partial charge in [0, 0.05) is 23.3 Å². The molecule has 1 heterocycles. The van der Waals surface area contributed by atoms with Crippen molar-refractivity contribution in [2.75, 3.05) is 5.32 Å². The van der Waals surface area contributed by atoms with Crippen molar-refractivity contribution in [2.45, 2.75) is 51.6 Å². The summed E-state index contributed by atoms with van der Waals surface area (Å²) >= 11 is 5.75. The van der Waals surface area contributed by atoms with Crippen molar-refractivity contribution in [3.63, 3.8) is 0 Å². The molecule has 138 valence electrons. The number of carbonyl (C=O) groups is 1. The Morgan fingerprint density at radius 3 is 2.46 bits per heavy atom. The summed E-state index contributed by atoms with van der Waals surface area (Å²) in [5.41, 5.74) is 2.58. The number of rotatable bonds is 4. The molecule has 2 N–H and O–H groups in total. The molecule has 2 aromatic rings. The summed E-state index contributed by atoms with van der Waals surface area (Å²) in [4.78, 5) is 16.8. The van der Waals surface area contributed by atoms with Crippen LogP contribution in [0.4, 0.5) is 10.2 Å². The maximum atomic E-state index is 13.2. The molecule has 1 aromatic carbocycles.